The van der Waals surface area contributed by atoms with Gasteiger partial charge in [-0.25, -0.2) is 0 Å². The van der Waals surface area contributed by atoms with Crippen LogP contribution < -0.4 is 10.6 Å². The summed E-state index contributed by atoms with van der Waals surface area (Å²) in [6, 6.07) is 2.13. The lowest BCUT2D eigenvalue weighted by Gasteiger charge is -2.11. The summed E-state index contributed by atoms with van der Waals surface area (Å²) in [5.74, 6) is -0.847. The van der Waals surface area contributed by atoms with Gasteiger partial charge in [0.15, 0.2) is 6.61 Å². The summed E-state index contributed by atoms with van der Waals surface area (Å²) in [6.07, 6.45) is -3.94. The fourth-order valence-electron chi connectivity index (χ4n) is 2.35. The highest BCUT2D eigenvalue weighted by molar-refractivity contribution is 5.82. The molecule has 8 nitrogen and oxygen atoms in total. The summed E-state index contributed by atoms with van der Waals surface area (Å²) in [5.41, 5.74) is -1.94. The van der Waals surface area contributed by atoms with Crippen molar-refractivity contribution in [1.29, 1.82) is 0 Å². The van der Waals surface area contributed by atoms with Crippen molar-refractivity contribution in [3.63, 3.8) is 0 Å². The minimum absolute atomic E-state index is 0.0333. The lowest BCUT2D eigenvalue weighted by atomic mass is 10.1. The van der Waals surface area contributed by atoms with Gasteiger partial charge in [0.25, 0.3) is 11.6 Å². The van der Waals surface area contributed by atoms with Crippen molar-refractivity contribution < 1.29 is 32.4 Å². The zero-order valence-electron chi connectivity index (χ0n) is 14.3. The second-order valence-electron chi connectivity index (χ2n) is 6.19. The van der Waals surface area contributed by atoms with Crippen LogP contribution in [0.4, 0.5) is 24.5 Å². The fraction of sp³-hybridized carbons (Fsp3) is 0.500. The smallest absolute Gasteiger partial charge is 0.416 e. The van der Waals surface area contributed by atoms with E-state index in [1.54, 1.807) is 0 Å². The minimum atomic E-state index is -4.69. The Balaban J connectivity index is 1.78. The molecule has 27 heavy (non-hydrogen) atoms. The Bertz CT molecular complexity index is 739. The van der Waals surface area contributed by atoms with Crippen LogP contribution in [-0.2, 0) is 20.5 Å². The van der Waals surface area contributed by atoms with Gasteiger partial charge in [-0.05, 0) is 24.5 Å². The maximum atomic E-state index is 12.6. The van der Waals surface area contributed by atoms with Crippen molar-refractivity contribution in [3.05, 3.63) is 33.9 Å². The third-order valence-corrected chi connectivity index (χ3v) is 4.04. The number of ether oxygens (including phenoxy) is 1. The Kier molecular flexibility index (Phi) is 6.24. The number of benzene rings is 1. The molecule has 0 radical (unpaired) electrons. The van der Waals surface area contributed by atoms with Gasteiger partial charge in [-0.3, -0.25) is 19.7 Å². The minimum Gasteiger partial charge on any atom is -0.455 e. The van der Waals surface area contributed by atoms with E-state index in [2.05, 4.69) is 10.6 Å². The average Bonchev–Trinajstić information content (AvgIpc) is 3.32. The molecule has 0 unspecified atom stereocenters. The summed E-state index contributed by atoms with van der Waals surface area (Å²) >= 11 is 0. The van der Waals surface area contributed by atoms with E-state index in [9.17, 15) is 32.9 Å². The molecule has 0 bridgehead atoms. The second-order valence-corrected chi connectivity index (χ2v) is 6.19. The predicted octanol–water partition coefficient (Wildman–Crippen LogP) is 2.34. The monoisotopic (exact) mass is 389 g/mol. The van der Waals surface area contributed by atoms with Crippen molar-refractivity contribution in [3.8, 4) is 0 Å². The van der Waals surface area contributed by atoms with Crippen molar-refractivity contribution in [2.75, 3.05) is 25.0 Å². The molecule has 1 aromatic rings. The zero-order chi connectivity index (χ0) is 20.2. The first-order valence-corrected chi connectivity index (χ1v) is 8.12. The van der Waals surface area contributed by atoms with E-state index in [4.69, 9.17) is 4.74 Å². The molecule has 0 saturated heterocycles. The molecular formula is C16H18F3N3O5. The highest BCUT2D eigenvalue weighted by atomic mass is 19.4. The van der Waals surface area contributed by atoms with E-state index in [0.29, 0.717) is 6.07 Å². The largest absolute Gasteiger partial charge is 0.455 e. The van der Waals surface area contributed by atoms with Crippen LogP contribution in [0.2, 0.25) is 0 Å². The number of amides is 1. The number of nitro benzene ring substituents is 1. The Morgan fingerprint density at radius 3 is 2.56 bits per heavy atom. The lowest BCUT2D eigenvalue weighted by molar-refractivity contribution is -0.384. The number of carbonyl (C=O) groups is 2. The number of halogens is 3. The SMILES string of the molecule is C[C@H]1C[C@H]1C(=O)OCC(=O)NCCNc1ccc(C(F)(F)F)cc1[N+](=O)[O-]. The standard InChI is InChI=1S/C16H18F3N3O5/c1-9-6-11(9)15(24)27-8-14(23)21-5-4-20-12-3-2-10(16(17,18)19)7-13(12)22(25)26/h2-3,7,9,11,20H,4-6,8H2,1H3,(H,21,23)/t9-,11+/m0/s1. The first-order chi connectivity index (χ1) is 12.6. The molecule has 0 aliphatic heterocycles. The Morgan fingerprint density at radius 2 is 2.00 bits per heavy atom. The maximum Gasteiger partial charge on any atom is 0.416 e. The van der Waals surface area contributed by atoms with Crippen molar-refractivity contribution in [1.82, 2.24) is 5.32 Å². The van der Waals surface area contributed by atoms with Gasteiger partial charge in [0, 0.05) is 19.2 Å². The average molecular weight is 389 g/mol. The topological polar surface area (TPSA) is 111 Å². The van der Waals surface area contributed by atoms with E-state index >= 15 is 0 Å². The van der Waals surface area contributed by atoms with E-state index in [1.165, 1.54) is 0 Å². The van der Waals surface area contributed by atoms with E-state index in [1.807, 2.05) is 6.92 Å². The summed E-state index contributed by atoms with van der Waals surface area (Å²) in [4.78, 5) is 33.1. The quantitative estimate of drug-likeness (QED) is 0.306. The van der Waals surface area contributed by atoms with Crippen LogP contribution in [0, 0.1) is 22.0 Å². The van der Waals surface area contributed by atoms with Crippen molar-refractivity contribution in [2.24, 2.45) is 11.8 Å². The highest BCUT2D eigenvalue weighted by Crippen LogP contribution is 2.38. The number of hydrogen-bond acceptors (Lipinski definition) is 6. The van der Waals surface area contributed by atoms with Crippen molar-refractivity contribution in [2.45, 2.75) is 19.5 Å². The maximum absolute atomic E-state index is 12.6. The Hall–Kier alpha value is -2.85. The van der Waals surface area contributed by atoms with Crippen LogP contribution in [0.25, 0.3) is 0 Å². The summed E-state index contributed by atoms with van der Waals surface area (Å²) < 4.78 is 42.8. The molecule has 1 aliphatic rings. The lowest BCUT2D eigenvalue weighted by Crippen LogP contribution is -2.32. The molecule has 2 rings (SSSR count). The first-order valence-electron chi connectivity index (χ1n) is 8.12. The number of rotatable bonds is 8. The Labute approximate surface area is 152 Å². The normalized spacial score (nSPS) is 18.5. The molecule has 0 aromatic heterocycles. The van der Waals surface area contributed by atoms with E-state index in [-0.39, 0.29) is 30.6 Å². The van der Waals surface area contributed by atoms with Gasteiger partial charge in [-0.2, -0.15) is 13.2 Å². The third kappa shape index (κ3) is 5.83. The number of nitrogens with one attached hydrogen (secondary N) is 2. The fourth-order valence-corrected chi connectivity index (χ4v) is 2.35. The Morgan fingerprint density at radius 1 is 1.33 bits per heavy atom. The second kappa shape index (κ2) is 8.23. The number of esters is 1. The molecular weight excluding hydrogens is 371 g/mol. The molecule has 2 N–H and O–H groups in total. The van der Waals surface area contributed by atoms with Gasteiger partial charge in [0.2, 0.25) is 0 Å². The van der Waals surface area contributed by atoms with Crippen LogP contribution in [0.5, 0.6) is 0 Å². The van der Waals surface area contributed by atoms with Gasteiger partial charge in [-0.15, -0.1) is 0 Å². The molecule has 1 aliphatic carbocycles. The number of hydrogen-bond donors (Lipinski definition) is 2. The number of anilines is 1. The number of nitrogens with zero attached hydrogens (tertiary/aromatic N) is 1. The van der Waals surface area contributed by atoms with Gasteiger partial charge >= 0.3 is 12.1 Å². The molecule has 11 heteroatoms. The van der Waals surface area contributed by atoms with Gasteiger partial charge < -0.3 is 15.4 Å². The first kappa shape index (κ1) is 20.5. The summed E-state index contributed by atoms with van der Waals surface area (Å²) in [7, 11) is 0. The molecule has 1 fully saturated rings. The van der Waals surface area contributed by atoms with Crippen molar-refractivity contribution >= 4 is 23.3 Å². The highest BCUT2D eigenvalue weighted by Gasteiger charge is 2.40. The zero-order valence-corrected chi connectivity index (χ0v) is 14.3. The summed E-state index contributed by atoms with van der Waals surface area (Å²) in [5, 5.41) is 16.0. The molecule has 1 amide bonds. The van der Waals surface area contributed by atoms with Gasteiger partial charge in [0.05, 0.1) is 16.4 Å². The molecule has 2 atom stereocenters. The van der Waals surface area contributed by atoms with Gasteiger partial charge in [0.1, 0.15) is 5.69 Å². The molecule has 1 saturated carbocycles. The molecule has 0 spiro atoms. The van der Waals surface area contributed by atoms with Crippen LogP contribution >= 0.6 is 0 Å². The summed E-state index contributed by atoms with van der Waals surface area (Å²) in [6.45, 7) is 1.54. The van der Waals surface area contributed by atoms with E-state index in [0.717, 1.165) is 18.6 Å². The molecule has 0 heterocycles. The number of carbonyl (C=O) groups excluding carboxylic acids is 2. The van der Waals surface area contributed by atoms with Gasteiger partial charge in [-0.1, -0.05) is 6.92 Å². The van der Waals surface area contributed by atoms with Crippen LogP contribution in [0.15, 0.2) is 18.2 Å². The van der Waals surface area contributed by atoms with Crippen LogP contribution in [-0.4, -0.2) is 36.5 Å². The number of nitro groups is 1. The molecule has 1 aromatic carbocycles. The molecule has 148 valence electrons. The van der Waals surface area contributed by atoms with Crippen LogP contribution in [0.1, 0.15) is 18.9 Å². The predicted molar refractivity (Wildman–Crippen MR) is 87.8 cm³/mol. The van der Waals surface area contributed by atoms with E-state index < -0.39 is 40.8 Å². The number of alkyl halides is 3. The van der Waals surface area contributed by atoms with Crippen LogP contribution in [0.3, 0.4) is 0 Å². The third-order valence-electron chi connectivity index (χ3n) is 4.04.